The highest BCUT2D eigenvalue weighted by atomic mass is 16.6. The minimum atomic E-state index is -0.730. The van der Waals surface area contributed by atoms with E-state index >= 15 is 0 Å². The Balaban J connectivity index is 2.55. The van der Waals surface area contributed by atoms with Crippen molar-refractivity contribution in [3.8, 4) is 23.0 Å². The van der Waals surface area contributed by atoms with Gasteiger partial charge in [-0.05, 0) is 60.4 Å². The highest BCUT2D eigenvalue weighted by Gasteiger charge is 2.16. The molecule has 0 aliphatic rings. The number of rotatable bonds is 9. The average Bonchev–Trinajstić information content (AvgIpc) is 2.84. The van der Waals surface area contributed by atoms with Gasteiger partial charge in [0.25, 0.3) is 0 Å². The maximum Gasteiger partial charge on any atom is 0.335 e. The Hall–Kier alpha value is -4.72. The van der Waals surface area contributed by atoms with E-state index < -0.39 is 23.9 Å². The largest absolute Gasteiger partial charge is 0.423 e. The molecule has 0 N–H and O–H groups in total. The minimum absolute atomic E-state index is 0.0144. The molecule has 0 aliphatic carbocycles. The first-order valence-electron chi connectivity index (χ1n) is 10.3. The van der Waals surface area contributed by atoms with E-state index in [1.165, 1.54) is 25.1 Å². The van der Waals surface area contributed by atoms with E-state index in [0.717, 1.165) is 29.4 Å². The van der Waals surface area contributed by atoms with Crippen molar-refractivity contribution in [1.29, 1.82) is 0 Å². The van der Waals surface area contributed by atoms with E-state index in [1.807, 2.05) is 13.8 Å². The molecule has 2 aromatic carbocycles. The zero-order chi connectivity index (χ0) is 26.1. The van der Waals surface area contributed by atoms with Crippen molar-refractivity contribution in [2.75, 3.05) is 0 Å². The molecule has 0 aliphatic heterocycles. The SMILES string of the molecule is C=CC(=O)Oc1cc(/C(C)=C(\C)c2ccc(OC(=O)C=C)c(OC(=O)C=C)c2)ccc1OC(C)=O. The summed E-state index contributed by atoms with van der Waals surface area (Å²) < 4.78 is 20.7. The van der Waals surface area contributed by atoms with Gasteiger partial charge in [0, 0.05) is 25.2 Å². The van der Waals surface area contributed by atoms with Crippen LogP contribution in [0.25, 0.3) is 11.1 Å². The van der Waals surface area contributed by atoms with Gasteiger partial charge in [-0.2, -0.15) is 0 Å². The van der Waals surface area contributed by atoms with Crippen LogP contribution in [0.15, 0.2) is 74.4 Å². The number of hydrogen-bond donors (Lipinski definition) is 0. The van der Waals surface area contributed by atoms with E-state index in [4.69, 9.17) is 18.9 Å². The number of hydrogen-bond acceptors (Lipinski definition) is 8. The van der Waals surface area contributed by atoms with Crippen molar-refractivity contribution >= 4 is 35.0 Å². The first-order valence-corrected chi connectivity index (χ1v) is 10.3. The molecule has 0 amide bonds. The van der Waals surface area contributed by atoms with Crippen LogP contribution in [-0.4, -0.2) is 23.9 Å². The van der Waals surface area contributed by atoms with Gasteiger partial charge in [-0.1, -0.05) is 31.9 Å². The lowest BCUT2D eigenvalue weighted by Gasteiger charge is -2.15. The quantitative estimate of drug-likeness (QED) is 0.219. The molecule has 0 bridgehead atoms. The van der Waals surface area contributed by atoms with E-state index in [1.54, 1.807) is 18.2 Å². The third kappa shape index (κ3) is 7.13. The predicted octanol–water partition coefficient (Wildman–Crippen LogP) is 4.84. The lowest BCUT2D eigenvalue weighted by atomic mass is 9.96. The number of carbonyl (C=O) groups is 4. The molecule has 0 heterocycles. The normalized spacial score (nSPS) is 10.8. The van der Waals surface area contributed by atoms with Gasteiger partial charge in [-0.25, -0.2) is 14.4 Å². The Bertz CT molecular complexity index is 1250. The fourth-order valence-electron chi connectivity index (χ4n) is 2.85. The van der Waals surface area contributed by atoms with Crippen LogP contribution in [0.1, 0.15) is 31.9 Å². The van der Waals surface area contributed by atoms with Crippen molar-refractivity contribution in [2.45, 2.75) is 20.8 Å². The number of benzene rings is 2. The predicted molar refractivity (Wildman–Crippen MR) is 130 cm³/mol. The van der Waals surface area contributed by atoms with Crippen molar-refractivity contribution in [1.82, 2.24) is 0 Å². The second-order valence-electron chi connectivity index (χ2n) is 7.04. The lowest BCUT2D eigenvalue weighted by Crippen LogP contribution is -2.09. The molecule has 0 fully saturated rings. The number of carbonyl (C=O) groups excluding carboxylic acids is 4. The summed E-state index contributed by atoms with van der Waals surface area (Å²) in [6, 6.07) is 9.47. The number of esters is 4. The molecule has 180 valence electrons. The molecule has 35 heavy (non-hydrogen) atoms. The highest BCUT2D eigenvalue weighted by molar-refractivity contribution is 5.92. The highest BCUT2D eigenvalue weighted by Crippen LogP contribution is 2.36. The summed E-state index contributed by atoms with van der Waals surface area (Å²) in [6.07, 6.45) is 2.96. The van der Waals surface area contributed by atoms with E-state index in [2.05, 4.69) is 19.7 Å². The summed E-state index contributed by atoms with van der Waals surface area (Å²) in [4.78, 5) is 46.6. The summed E-state index contributed by atoms with van der Waals surface area (Å²) in [5, 5.41) is 0. The average molecular weight is 476 g/mol. The Labute approximate surface area is 202 Å². The Morgan fingerprint density at radius 2 is 0.914 bits per heavy atom. The summed E-state index contributed by atoms with van der Waals surface area (Å²) in [5.41, 5.74) is 2.86. The van der Waals surface area contributed by atoms with Crippen molar-refractivity contribution in [2.24, 2.45) is 0 Å². The van der Waals surface area contributed by atoms with Crippen LogP contribution in [0.3, 0.4) is 0 Å². The summed E-state index contributed by atoms with van der Waals surface area (Å²) in [5.74, 6) is -2.57. The molecule has 2 aromatic rings. The molecule has 0 aromatic heterocycles. The van der Waals surface area contributed by atoms with E-state index in [0.29, 0.717) is 11.1 Å². The smallest absolute Gasteiger partial charge is 0.335 e. The number of allylic oxidation sites excluding steroid dienone is 2. The Morgan fingerprint density at radius 1 is 0.571 bits per heavy atom. The van der Waals surface area contributed by atoms with E-state index in [-0.39, 0.29) is 23.0 Å². The third-order valence-corrected chi connectivity index (χ3v) is 4.70. The maximum atomic E-state index is 11.8. The first kappa shape index (κ1) is 26.5. The fourth-order valence-corrected chi connectivity index (χ4v) is 2.85. The molecule has 0 spiro atoms. The number of ether oxygens (including phenoxy) is 4. The Morgan fingerprint density at radius 3 is 1.26 bits per heavy atom. The Kier molecular flexibility index (Phi) is 9.05. The van der Waals surface area contributed by atoms with Crippen LogP contribution in [-0.2, 0) is 19.2 Å². The van der Waals surface area contributed by atoms with Gasteiger partial charge in [0.1, 0.15) is 0 Å². The first-order chi connectivity index (χ1) is 16.6. The molecular formula is C27H24O8. The zero-order valence-corrected chi connectivity index (χ0v) is 19.6. The van der Waals surface area contributed by atoms with Crippen molar-refractivity contribution < 1.29 is 38.1 Å². The van der Waals surface area contributed by atoms with Crippen LogP contribution < -0.4 is 18.9 Å². The molecular weight excluding hydrogens is 452 g/mol. The van der Waals surface area contributed by atoms with Gasteiger partial charge in [-0.3, -0.25) is 4.79 Å². The van der Waals surface area contributed by atoms with Crippen molar-refractivity contribution in [3.63, 3.8) is 0 Å². The van der Waals surface area contributed by atoms with Crippen LogP contribution in [0, 0.1) is 0 Å². The van der Waals surface area contributed by atoms with Crippen molar-refractivity contribution in [3.05, 3.63) is 85.5 Å². The van der Waals surface area contributed by atoms with Gasteiger partial charge in [0.15, 0.2) is 23.0 Å². The summed E-state index contributed by atoms with van der Waals surface area (Å²) in [6.45, 7) is 15.0. The second kappa shape index (κ2) is 11.9. The van der Waals surface area contributed by atoms with Gasteiger partial charge in [0.2, 0.25) is 0 Å². The second-order valence-corrected chi connectivity index (χ2v) is 7.04. The molecule has 8 heteroatoms. The van der Waals surface area contributed by atoms with Gasteiger partial charge in [0.05, 0.1) is 0 Å². The topological polar surface area (TPSA) is 105 Å². The monoisotopic (exact) mass is 476 g/mol. The van der Waals surface area contributed by atoms with Gasteiger partial charge < -0.3 is 18.9 Å². The third-order valence-electron chi connectivity index (χ3n) is 4.70. The van der Waals surface area contributed by atoms with E-state index in [9.17, 15) is 19.2 Å². The molecule has 0 atom stereocenters. The molecule has 8 nitrogen and oxygen atoms in total. The lowest BCUT2D eigenvalue weighted by molar-refractivity contribution is -0.133. The molecule has 0 radical (unpaired) electrons. The molecule has 0 saturated carbocycles. The standard InChI is InChI=1S/C27H24O8/c1-7-25(29)33-22-13-11-20(15-24(22)35-27(31)9-3)17(5)16(4)19-10-12-21(32-18(6)28)23(14-19)34-26(30)8-2/h7-15H,1-3H2,4-6H3/b17-16+. The minimum Gasteiger partial charge on any atom is -0.423 e. The van der Waals surface area contributed by atoms with Crippen LogP contribution in [0.5, 0.6) is 23.0 Å². The summed E-state index contributed by atoms with van der Waals surface area (Å²) >= 11 is 0. The summed E-state index contributed by atoms with van der Waals surface area (Å²) in [7, 11) is 0. The van der Waals surface area contributed by atoms with Crippen LogP contribution in [0.4, 0.5) is 0 Å². The zero-order valence-electron chi connectivity index (χ0n) is 19.6. The van der Waals surface area contributed by atoms with Crippen LogP contribution in [0.2, 0.25) is 0 Å². The molecule has 2 rings (SSSR count). The maximum absolute atomic E-state index is 11.8. The molecule has 0 unspecified atom stereocenters. The van der Waals surface area contributed by atoms with Crippen LogP contribution >= 0.6 is 0 Å². The molecule has 0 saturated heterocycles. The van der Waals surface area contributed by atoms with Gasteiger partial charge >= 0.3 is 23.9 Å². The fraction of sp³-hybridized carbons (Fsp3) is 0.111. The van der Waals surface area contributed by atoms with Gasteiger partial charge in [-0.15, -0.1) is 0 Å².